The number of benzene rings is 2. The number of amides is 2. The van der Waals surface area contributed by atoms with E-state index in [2.05, 4.69) is 5.32 Å². The Kier molecular flexibility index (Phi) is 4.88. The molecule has 6 heteroatoms. The second-order valence-electron chi connectivity index (χ2n) is 5.77. The van der Waals surface area contributed by atoms with Crippen molar-refractivity contribution in [2.75, 3.05) is 31.0 Å². The third-order valence-corrected chi connectivity index (χ3v) is 4.10. The van der Waals surface area contributed by atoms with Crippen LogP contribution in [0.4, 0.5) is 11.4 Å². The lowest BCUT2D eigenvalue weighted by molar-refractivity contribution is -0.118. The van der Waals surface area contributed by atoms with E-state index in [1.54, 1.807) is 37.3 Å². The van der Waals surface area contributed by atoms with Gasteiger partial charge in [0, 0.05) is 18.3 Å². The van der Waals surface area contributed by atoms with Crippen LogP contribution in [0.2, 0.25) is 0 Å². The van der Waals surface area contributed by atoms with Gasteiger partial charge in [-0.05, 0) is 24.3 Å². The Balaban J connectivity index is 1.76. The van der Waals surface area contributed by atoms with Gasteiger partial charge in [0.25, 0.3) is 0 Å². The Morgan fingerprint density at radius 2 is 2.08 bits per heavy atom. The molecule has 0 bridgehead atoms. The first kappa shape index (κ1) is 16.8. The van der Waals surface area contributed by atoms with E-state index in [9.17, 15) is 9.59 Å². The van der Waals surface area contributed by atoms with Gasteiger partial charge < -0.3 is 19.7 Å². The standard InChI is InChI=1S/C19H20N2O4/c1-21-15-12-14(7-8-17(15)25-10-9-19(21)23)20-18(22)11-13-5-3-4-6-16(13)24-2/h3-8,12H,9-11H2,1-2H3,(H,20,22). The molecule has 0 aromatic heterocycles. The number of fused-ring (bicyclic) bond motifs is 1. The van der Waals surface area contributed by atoms with Gasteiger partial charge in [-0.2, -0.15) is 0 Å². The van der Waals surface area contributed by atoms with E-state index < -0.39 is 0 Å². The number of nitrogens with one attached hydrogen (secondary N) is 1. The first-order valence-electron chi connectivity index (χ1n) is 8.03. The van der Waals surface area contributed by atoms with E-state index in [0.717, 1.165) is 5.56 Å². The average Bonchev–Trinajstić information content (AvgIpc) is 2.75. The highest BCUT2D eigenvalue weighted by molar-refractivity contribution is 5.97. The summed E-state index contributed by atoms with van der Waals surface area (Å²) in [6.45, 7) is 0.357. The largest absolute Gasteiger partial charge is 0.496 e. The molecule has 25 heavy (non-hydrogen) atoms. The second-order valence-corrected chi connectivity index (χ2v) is 5.77. The minimum atomic E-state index is -0.159. The van der Waals surface area contributed by atoms with Crippen molar-refractivity contribution < 1.29 is 19.1 Å². The van der Waals surface area contributed by atoms with Gasteiger partial charge in [0.1, 0.15) is 11.5 Å². The Labute approximate surface area is 146 Å². The molecule has 130 valence electrons. The third-order valence-electron chi connectivity index (χ3n) is 4.10. The lowest BCUT2D eigenvalue weighted by Gasteiger charge is -2.17. The third kappa shape index (κ3) is 3.74. The van der Waals surface area contributed by atoms with Gasteiger partial charge in [0.05, 0.1) is 32.2 Å². The van der Waals surface area contributed by atoms with Crippen molar-refractivity contribution in [1.29, 1.82) is 0 Å². The molecule has 0 unspecified atom stereocenters. The predicted molar refractivity (Wildman–Crippen MR) is 95.3 cm³/mol. The summed E-state index contributed by atoms with van der Waals surface area (Å²) in [5.74, 6) is 1.14. The summed E-state index contributed by atoms with van der Waals surface area (Å²) in [5.41, 5.74) is 2.08. The molecule has 2 aromatic rings. The maximum absolute atomic E-state index is 12.4. The number of methoxy groups -OCH3 is 1. The summed E-state index contributed by atoms with van der Waals surface area (Å²) >= 11 is 0. The Morgan fingerprint density at radius 3 is 2.88 bits per heavy atom. The lowest BCUT2D eigenvalue weighted by Crippen LogP contribution is -2.25. The minimum Gasteiger partial charge on any atom is -0.496 e. The molecule has 1 heterocycles. The fraction of sp³-hybridized carbons (Fsp3) is 0.263. The zero-order valence-corrected chi connectivity index (χ0v) is 14.2. The van der Waals surface area contributed by atoms with Gasteiger partial charge in [-0.25, -0.2) is 0 Å². The monoisotopic (exact) mass is 340 g/mol. The average molecular weight is 340 g/mol. The molecule has 0 radical (unpaired) electrons. The van der Waals surface area contributed by atoms with Crippen LogP contribution in [-0.4, -0.2) is 32.6 Å². The van der Waals surface area contributed by atoms with Gasteiger partial charge >= 0.3 is 0 Å². The molecule has 0 saturated heterocycles. The number of nitrogens with zero attached hydrogens (tertiary/aromatic N) is 1. The predicted octanol–water partition coefficient (Wildman–Crippen LogP) is 2.62. The normalized spacial score (nSPS) is 13.5. The number of carbonyl (C=O) groups excluding carboxylic acids is 2. The van der Waals surface area contributed by atoms with Crippen LogP contribution in [0.5, 0.6) is 11.5 Å². The van der Waals surface area contributed by atoms with Crippen molar-refractivity contribution in [3.8, 4) is 11.5 Å². The van der Waals surface area contributed by atoms with Crippen LogP contribution in [0.15, 0.2) is 42.5 Å². The second kappa shape index (κ2) is 7.25. The van der Waals surface area contributed by atoms with E-state index in [1.165, 1.54) is 0 Å². The van der Waals surface area contributed by atoms with Crippen molar-refractivity contribution in [2.45, 2.75) is 12.8 Å². The fourth-order valence-corrected chi connectivity index (χ4v) is 2.76. The van der Waals surface area contributed by atoms with E-state index in [0.29, 0.717) is 35.9 Å². The molecule has 0 aliphatic carbocycles. The highest BCUT2D eigenvalue weighted by Crippen LogP contribution is 2.33. The summed E-state index contributed by atoms with van der Waals surface area (Å²) in [5, 5.41) is 2.86. The smallest absolute Gasteiger partial charge is 0.230 e. The van der Waals surface area contributed by atoms with E-state index >= 15 is 0 Å². The minimum absolute atomic E-state index is 0.0174. The quantitative estimate of drug-likeness (QED) is 0.929. The summed E-state index contributed by atoms with van der Waals surface area (Å²) in [4.78, 5) is 25.9. The van der Waals surface area contributed by atoms with E-state index in [-0.39, 0.29) is 18.2 Å². The van der Waals surface area contributed by atoms with Crippen LogP contribution in [0.3, 0.4) is 0 Å². The maximum atomic E-state index is 12.4. The van der Waals surface area contributed by atoms with Crippen LogP contribution < -0.4 is 19.7 Å². The molecule has 1 aliphatic rings. The maximum Gasteiger partial charge on any atom is 0.230 e. The van der Waals surface area contributed by atoms with Crippen molar-refractivity contribution in [3.63, 3.8) is 0 Å². The summed E-state index contributed by atoms with van der Waals surface area (Å²) in [6.07, 6.45) is 0.535. The summed E-state index contributed by atoms with van der Waals surface area (Å²) < 4.78 is 10.9. The number of ether oxygens (including phenoxy) is 2. The van der Waals surface area contributed by atoms with Crippen molar-refractivity contribution in [3.05, 3.63) is 48.0 Å². The molecular weight excluding hydrogens is 320 g/mol. The summed E-state index contributed by atoms with van der Waals surface area (Å²) in [7, 11) is 3.28. The molecule has 2 amide bonds. The van der Waals surface area contributed by atoms with Gasteiger partial charge in [0.2, 0.25) is 11.8 Å². The number of rotatable bonds is 4. The highest BCUT2D eigenvalue weighted by atomic mass is 16.5. The first-order valence-corrected chi connectivity index (χ1v) is 8.03. The van der Waals surface area contributed by atoms with Crippen LogP contribution in [0.1, 0.15) is 12.0 Å². The number of hydrogen-bond donors (Lipinski definition) is 1. The van der Waals surface area contributed by atoms with Crippen LogP contribution >= 0.6 is 0 Å². The van der Waals surface area contributed by atoms with E-state index in [1.807, 2.05) is 24.3 Å². The molecule has 0 saturated carbocycles. The molecule has 0 atom stereocenters. The van der Waals surface area contributed by atoms with E-state index in [4.69, 9.17) is 9.47 Å². The van der Waals surface area contributed by atoms with Crippen LogP contribution in [-0.2, 0) is 16.0 Å². The lowest BCUT2D eigenvalue weighted by atomic mass is 10.1. The van der Waals surface area contributed by atoms with Gasteiger partial charge in [-0.3, -0.25) is 9.59 Å². The molecule has 3 rings (SSSR count). The van der Waals surface area contributed by atoms with Gasteiger partial charge in [-0.1, -0.05) is 18.2 Å². The Bertz CT molecular complexity index is 804. The molecule has 1 aliphatic heterocycles. The topological polar surface area (TPSA) is 67.9 Å². The zero-order chi connectivity index (χ0) is 17.8. The highest BCUT2D eigenvalue weighted by Gasteiger charge is 2.20. The molecule has 0 fully saturated rings. The molecule has 6 nitrogen and oxygen atoms in total. The van der Waals surface area contributed by atoms with Crippen LogP contribution in [0, 0.1) is 0 Å². The SMILES string of the molecule is COc1ccccc1CC(=O)Nc1ccc2c(c1)N(C)C(=O)CCO2. The Hall–Kier alpha value is -3.02. The number of para-hydroxylation sites is 1. The number of anilines is 2. The molecular formula is C19H20N2O4. The van der Waals surface area contributed by atoms with Crippen molar-refractivity contribution >= 4 is 23.2 Å². The van der Waals surface area contributed by atoms with Crippen LogP contribution in [0.25, 0.3) is 0 Å². The number of carbonyl (C=O) groups is 2. The molecule has 1 N–H and O–H groups in total. The first-order chi connectivity index (χ1) is 12.1. The molecule has 2 aromatic carbocycles. The number of hydrogen-bond acceptors (Lipinski definition) is 4. The van der Waals surface area contributed by atoms with Crippen molar-refractivity contribution in [2.24, 2.45) is 0 Å². The van der Waals surface area contributed by atoms with Gasteiger partial charge in [0.15, 0.2) is 0 Å². The Morgan fingerprint density at radius 1 is 1.28 bits per heavy atom. The zero-order valence-electron chi connectivity index (χ0n) is 14.2. The van der Waals surface area contributed by atoms with Gasteiger partial charge in [-0.15, -0.1) is 0 Å². The summed E-state index contributed by atoms with van der Waals surface area (Å²) in [6, 6.07) is 12.7. The van der Waals surface area contributed by atoms with Crippen molar-refractivity contribution in [1.82, 2.24) is 0 Å². The fourth-order valence-electron chi connectivity index (χ4n) is 2.76. The molecule has 0 spiro atoms.